The van der Waals surface area contributed by atoms with Crippen molar-refractivity contribution in [2.45, 2.75) is 19.5 Å². The van der Waals surface area contributed by atoms with Crippen molar-refractivity contribution in [3.05, 3.63) is 48.8 Å². The van der Waals surface area contributed by atoms with Crippen LogP contribution in [0.2, 0.25) is 0 Å². The molecular weight excluding hydrogens is 228 g/mol. The molecule has 2 rings (SSSR count). The SMILES string of the molecule is CC(Cn1cccn1)NC(=O)Nc1ccccc1. The van der Waals surface area contributed by atoms with Crippen molar-refractivity contribution in [3.8, 4) is 0 Å². The molecule has 0 saturated heterocycles. The number of rotatable bonds is 4. The lowest BCUT2D eigenvalue weighted by Gasteiger charge is -2.14. The van der Waals surface area contributed by atoms with Gasteiger partial charge in [0.2, 0.25) is 0 Å². The van der Waals surface area contributed by atoms with Gasteiger partial charge in [0, 0.05) is 24.1 Å². The smallest absolute Gasteiger partial charge is 0.319 e. The van der Waals surface area contributed by atoms with Crippen LogP contribution in [0.5, 0.6) is 0 Å². The van der Waals surface area contributed by atoms with Crippen LogP contribution in [-0.4, -0.2) is 21.9 Å². The summed E-state index contributed by atoms with van der Waals surface area (Å²) in [6, 6.07) is 11.0. The summed E-state index contributed by atoms with van der Waals surface area (Å²) in [4.78, 5) is 11.7. The fourth-order valence-corrected chi connectivity index (χ4v) is 1.65. The predicted molar refractivity (Wildman–Crippen MR) is 70.3 cm³/mol. The molecule has 1 unspecified atom stereocenters. The highest BCUT2D eigenvalue weighted by Gasteiger charge is 2.07. The van der Waals surface area contributed by atoms with Crippen LogP contribution in [0.4, 0.5) is 10.5 Å². The minimum absolute atomic E-state index is 0.00797. The highest BCUT2D eigenvalue weighted by atomic mass is 16.2. The molecular formula is C13H16N4O. The van der Waals surface area contributed by atoms with E-state index in [1.54, 1.807) is 10.9 Å². The molecule has 0 aliphatic rings. The molecule has 5 nitrogen and oxygen atoms in total. The zero-order chi connectivity index (χ0) is 12.8. The van der Waals surface area contributed by atoms with Crippen molar-refractivity contribution < 1.29 is 4.79 Å². The van der Waals surface area contributed by atoms with Crippen molar-refractivity contribution in [1.82, 2.24) is 15.1 Å². The van der Waals surface area contributed by atoms with E-state index in [0.717, 1.165) is 5.69 Å². The summed E-state index contributed by atoms with van der Waals surface area (Å²) in [5.41, 5.74) is 0.779. The van der Waals surface area contributed by atoms with Crippen LogP contribution in [0.15, 0.2) is 48.8 Å². The molecule has 0 radical (unpaired) electrons. The standard InChI is InChI=1S/C13H16N4O/c1-11(10-17-9-5-8-14-17)15-13(18)16-12-6-3-2-4-7-12/h2-9,11H,10H2,1H3,(H2,15,16,18). The maximum atomic E-state index is 11.7. The Bertz CT molecular complexity index is 481. The Hall–Kier alpha value is -2.30. The molecule has 2 aromatic rings. The third kappa shape index (κ3) is 3.62. The first-order valence-electron chi connectivity index (χ1n) is 5.84. The number of amides is 2. The summed E-state index contributed by atoms with van der Waals surface area (Å²) in [6.07, 6.45) is 3.59. The molecule has 0 bridgehead atoms. The van der Waals surface area contributed by atoms with Crippen LogP contribution in [0.1, 0.15) is 6.92 Å². The van der Waals surface area contributed by atoms with Crippen LogP contribution in [0, 0.1) is 0 Å². The topological polar surface area (TPSA) is 59.0 Å². The molecule has 1 heterocycles. The summed E-state index contributed by atoms with van der Waals surface area (Å²) in [5, 5.41) is 9.72. The normalized spacial score (nSPS) is 11.8. The number of aromatic nitrogens is 2. The van der Waals surface area contributed by atoms with Gasteiger partial charge in [0.25, 0.3) is 0 Å². The first-order valence-corrected chi connectivity index (χ1v) is 5.84. The average Bonchev–Trinajstić information content (AvgIpc) is 2.82. The maximum absolute atomic E-state index is 11.7. The molecule has 1 aromatic carbocycles. The average molecular weight is 244 g/mol. The van der Waals surface area contributed by atoms with Gasteiger partial charge in [0.1, 0.15) is 0 Å². The lowest BCUT2D eigenvalue weighted by atomic mass is 10.3. The van der Waals surface area contributed by atoms with Crippen molar-refractivity contribution in [1.29, 1.82) is 0 Å². The molecule has 2 N–H and O–H groups in total. The van der Waals surface area contributed by atoms with Crippen molar-refractivity contribution in [2.75, 3.05) is 5.32 Å². The van der Waals surface area contributed by atoms with Crippen LogP contribution in [0.25, 0.3) is 0 Å². The number of nitrogens with zero attached hydrogens (tertiary/aromatic N) is 2. The first-order chi connectivity index (χ1) is 8.74. The molecule has 94 valence electrons. The van der Waals surface area contributed by atoms with Gasteiger partial charge in [-0.15, -0.1) is 0 Å². The van der Waals surface area contributed by atoms with Gasteiger partial charge in [-0.1, -0.05) is 18.2 Å². The summed E-state index contributed by atoms with van der Waals surface area (Å²) >= 11 is 0. The Labute approximate surface area is 106 Å². The summed E-state index contributed by atoms with van der Waals surface area (Å²) in [7, 11) is 0. The fraction of sp³-hybridized carbons (Fsp3) is 0.231. The van der Waals surface area contributed by atoms with E-state index < -0.39 is 0 Å². The summed E-state index contributed by atoms with van der Waals surface area (Å²) in [5.74, 6) is 0. The monoisotopic (exact) mass is 244 g/mol. The first kappa shape index (κ1) is 12.2. The number of urea groups is 1. The zero-order valence-electron chi connectivity index (χ0n) is 10.2. The van der Waals surface area contributed by atoms with Gasteiger partial charge in [0.15, 0.2) is 0 Å². The van der Waals surface area contributed by atoms with E-state index in [-0.39, 0.29) is 12.1 Å². The molecule has 0 aliphatic heterocycles. The Balaban J connectivity index is 1.80. The molecule has 0 fully saturated rings. The lowest BCUT2D eigenvalue weighted by molar-refractivity contribution is 0.247. The minimum Gasteiger partial charge on any atom is -0.334 e. The fourth-order valence-electron chi connectivity index (χ4n) is 1.65. The second kappa shape index (κ2) is 5.86. The Morgan fingerprint density at radius 2 is 2.11 bits per heavy atom. The molecule has 2 amide bonds. The Morgan fingerprint density at radius 1 is 1.33 bits per heavy atom. The van der Waals surface area contributed by atoms with E-state index >= 15 is 0 Å². The predicted octanol–water partition coefficient (Wildman–Crippen LogP) is 2.09. The Morgan fingerprint density at radius 3 is 2.78 bits per heavy atom. The van der Waals surface area contributed by atoms with Crippen molar-refractivity contribution in [2.24, 2.45) is 0 Å². The zero-order valence-corrected chi connectivity index (χ0v) is 10.2. The lowest BCUT2D eigenvalue weighted by Crippen LogP contribution is -2.38. The van der Waals surface area contributed by atoms with Crippen LogP contribution >= 0.6 is 0 Å². The number of hydrogen-bond acceptors (Lipinski definition) is 2. The number of carbonyl (C=O) groups excluding carboxylic acids is 1. The third-order valence-electron chi connectivity index (χ3n) is 2.43. The number of para-hydroxylation sites is 1. The third-order valence-corrected chi connectivity index (χ3v) is 2.43. The Kier molecular flexibility index (Phi) is 3.96. The van der Waals surface area contributed by atoms with Crippen LogP contribution in [-0.2, 0) is 6.54 Å². The van der Waals surface area contributed by atoms with Gasteiger partial charge < -0.3 is 10.6 Å². The van der Waals surface area contributed by atoms with Crippen LogP contribution < -0.4 is 10.6 Å². The molecule has 0 saturated carbocycles. The van der Waals surface area contributed by atoms with Gasteiger partial charge in [-0.25, -0.2) is 4.79 Å². The van der Waals surface area contributed by atoms with Gasteiger partial charge in [-0.2, -0.15) is 5.10 Å². The van der Waals surface area contributed by atoms with Crippen molar-refractivity contribution in [3.63, 3.8) is 0 Å². The number of anilines is 1. The molecule has 1 atom stereocenters. The van der Waals surface area contributed by atoms with Crippen LogP contribution in [0.3, 0.4) is 0 Å². The van der Waals surface area contributed by atoms with Gasteiger partial charge in [-0.3, -0.25) is 4.68 Å². The van der Waals surface area contributed by atoms with E-state index in [0.29, 0.717) is 6.54 Å². The number of hydrogen-bond donors (Lipinski definition) is 2. The van der Waals surface area contributed by atoms with Crippen molar-refractivity contribution >= 4 is 11.7 Å². The second-order valence-electron chi connectivity index (χ2n) is 4.09. The minimum atomic E-state index is -0.208. The number of nitrogens with one attached hydrogen (secondary N) is 2. The highest BCUT2D eigenvalue weighted by molar-refractivity contribution is 5.89. The maximum Gasteiger partial charge on any atom is 0.319 e. The highest BCUT2D eigenvalue weighted by Crippen LogP contribution is 2.04. The molecule has 0 spiro atoms. The van der Waals surface area contributed by atoms with Gasteiger partial charge in [0.05, 0.1) is 6.54 Å². The number of benzene rings is 1. The van der Waals surface area contributed by atoms with E-state index in [1.807, 2.05) is 49.5 Å². The second-order valence-corrected chi connectivity index (χ2v) is 4.09. The van der Waals surface area contributed by atoms with E-state index in [9.17, 15) is 4.79 Å². The summed E-state index contributed by atoms with van der Waals surface area (Å²) in [6.45, 7) is 2.58. The largest absolute Gasteiger partial charge is 0.334 e. The summed E-state index contributed by atoms with van der Waals surface area (Å²) < 4.78 is 1.79. The quantitative estimate of drug-likeness (QED) is 0.865. The van der Waals surface area contributed by atoms with E-state index in [2.05, 4.69) is 15.7 Å². The molecule has 1 aromatic heterocycles. The molecule has 5 heteroatoms. The van der Waals surface area contributed by atoms with Gasteiger partial charge in [-0.05, 0) is 25.1 Å². The number of carbonyl (C=O) groups is 1. The van der Waals surface area contributed by atoms with Gasteiger partial charge >= 0.3 is 6.03 Å². The molecule has 18 heavy (non-hydrogen) atoms. The molecule has 0 aliphatic carbocycles. The van der Waals surface area contributed by atoms with E-state index in [1.165, 1.54) is 0 Å². The van der Waals surface area contributed by atoms with E-state index in [4.69, 9.17) is 0 Å².